The highest BCUT2D eigenvalue weighted by atomic mass is 35.5. The summed E-state index contributed by atoms with van der Waals surface area (Å²) in [6.07, 6.45) is 2.51. The number of benzene rings is 1. The van der Waals surface area contributed by atoms with E-state index in [2.05, 4.69) is 10.9 Å². The van der Waals surface area contributed by atoms with Crippen LogP contribution in [0, 0.1) is 23.7 Å². The SMILES string of the molecule is O=C(NNC(=O)[C@H]1[C@H]2CC[C@H](C2)[C@H]1C(=O)O)c1cccc(Cl)c1. The highest BCUT2D eigenvalue weighted by molar-refractivity contribution is 6.30. The number of hydrogen-bond acceptors (Lipinski definition) is 3. The van der Waals surface area contributed by atoms with Crippen molar-refractivity contribution >= 4 is 29.4 Å². The maximum atomic E-state index is 12.3. The molecule has 3 rings (SSSR count). The minimum atomic E-state index is -0.932. The first-order valence-electron chi connectivity index (χ1n) is 7.56. The average molecular weight is 337 g/mol. The fourth-order valence-corrected chi connectivity index (χ4v) is 4.12. The number of hydrazine groups is 1. The molecule has 2 saturated carbocycles. The molecule has 2 bridgehead atoms. The summed E-state index contributed by atoms with van der Waals surface area (Å²) < 4.78 is 0. The van der Waals surface area contributed by atoms with Crippen LogP contribution in [0.2, 0.25) is 5.02 Å². The van der Waals surface area contributed by atoms with Crippen molar-refractivity contribution in [1.82, 2.24) is 10.9 Å². The first-order valence-corrected chi connectivity index (χ1v) is 7.93. The summed E-state index contributed by atoms with van der Waals surface area (Å²) >= 11 is 5.82. The average Bonchev–Trinajstić information content (AvgIpc) is 3.13. The lowest BCUT2D eigenvalue weighted by molar-refractivity contribution is -0.149. The number of halogens is 1. The van der Waals surface area contributed by atoms with Gasteiger partial charge in [0.15, 0.2) is 0 Å². The highest BCUT2D eigenvalue weighted by Gasteiger charge is 2.54. The van der Waals surface area contributed by atoms with Crippen LogP contribution >= 0.6 is 11.6 Å². The molecule has 0 unspecified atom stereocenters. The van der Waals surface area contributed by atoms with Crippen LogP contribution in [0.3, 0.4) is 0 Å². The molecule has 0 radical (unpaired) electrons. The number of hydrogen-bond donors (Lipinski definition) is 3. The second-order valence-corrected chi connectivity index (χ2v) is 6.61. The van der Waals surface area contributed by atoms with Crippen LogP contribution < -0.4 is 10.9 Å². The van der Waals surface area contributed by atoms with Crippen LogP contribution in [0.25, 0.3) is 0 Å². The summed E-state index contributed by atoms with van der Waals surface area (Å²) in [5.41, 5.74) is 5.02. The lowest BCUT2D eigenvalue weighted by Crippen LogP contribution is -2.48. The van der Waals surface area contributed by atoms with Gasteiger partial charge in [-0.3, -0.25) is 25.2 Å². The topological polar surface area (TPSA) is 95.5 Å². The van der Waals surface area contributed by atoms with E-state index in [1.165, 1.54) is 6.07 Å². The monoisotopic (exact) mass is 336 g/mol. The lowest BCUT2D eigenvalue weighted by Gasteiger charge is -2.26. The number of fused-ring (bicyclic) bond motifs is 2. The molecule has 2 aliphatic rings. The lowest BCUT2D eigenvalue weighted by atomic mass is 9.79. The Morgan fingerprint density at radius 2 is 1.78 bits per heavy atom. The fraction of sp³-hybridized carbons (Fsp3) is 0.438. The van der Waals surface area contributed by atoms with E-state index in [4.69, 9.17) is 11.6 Å². The zero-order chi connectivity index (χ0) is 16.6. The summed E-state index contributed by atoms with van der Waals surface area (Å²) in [5.74, 6) is -2.93. The van der Waals surface area contributed by atoms with Gasteiger partial charge < -0.3 is 5.11 Å². The molecule has 122 valence electrons. The van der Waals surface area contributed by atoms with Crippen LogP contribution in [-0.2, 0) is 9.59 Å². The van der Waals surface area contributed by atoms with Crippen LogP contribution in [-0.4, -0.2) is 22.9 Å². The van der Waals surface area contributed by atoms with Crippen LogP contribution in [0.5, 0.6) is 0 Å². The first kappa shape index (κ1) is 15.8. The molecule has 4 atom stereocenters. The van der Waals surface area contributed by atoms with E-state index in [9.17, 15) is 19.5 Å². The van der Waals surface area contributed by atoms with Gasteiger partial charge in [0, 0.05) is 10.6 Å². The van der Waals surface area contributed by atoms with Gasteiger partial charge in [-0.05, 0) is 49.3 Å². The highest BCUT2D eigenvalue weighted by Crippen LogP contribution is 2.52. The van der Waals surface area contributed by atoms with Crippen LogP contribution in [0.4, 0.5) is 0 Å². The Bertz CT molecular complexity index is 663. The zero-order valence-corrected chi connectivity index (χ0v) is 13.0. The predicted molar refractivity (Wildman–Crippen MR) is 82.5 cm³/mol. The van der Waals surface area contributed by atoms with Gasteiger partial charge in [-0.15, -0.1) is 0 Å². The normalized spacial score (nSPS) is 28.4. The second-order valence-electron chi connectivity index (χ2n) is 6.18. The Hall–Kier alpha value is -2.08. The molecular weight excluding hydrogens is 320 g/mol. The number of carbonyl (C=O) groups excluding carboxylic acids is 2. The maximum Gasteiger partial charge on any atom is 0.307 e. The Morgan fingerprint density at radius 1 is 1.09 bits per heavy atom. The van der Waals surface area contributed by atoms with E-state index < -0.39 is 29.6 Å². The standard InChI is InChI=1S/C16H17ClN2O4/c17-11-3-1-2-10(7-11)14(20)18-19-15(21)12-8-4-5-9(6-8)13(12)16(22)23/h1-3,7-9,12-13H,4-6H2,(H,18,20)(H,19,21)(H,22,23)/t8-,9+,12-,13+/m0/s1. The Balaban J connectivity index is 1.63. The summed E-state index contributed by atoms with van der Waals surface area (Å²) in [7, 11) is 0. The van der Waals surface area contributed by atoms with Gasteiger partial charge in [0.1, 0.15) is 0 Å². The van der Waals surface area contributed by atoms with Gasteiger partial charge in [-0.2, -0.15) is 0 Å². The van der Waals surface area contributed by atoms with Crippen molar-refractivity contribution in [1.29, 1.82) is 0 Å². The summed E-state index contributed by atoms with van der Waals surface area (Å²) in [6, 6.07) is 6.34. The molecule has 0 heterocycles. The molecule has 0 saturated heterocycles. The van der Waals surface area contributed by atoms with Gasteiger partial charge >= 0.3 is 5.97 Å². The molecule has 0 aliphatic heterocycles. The molecule has 7 heteroatoms. The third kappa shape index (κ3) is 3.03. The van der Waals surface area contributed by atoms with E-state index in [0.717, 1.165) is 19.3 Å². The Kier molecular flexibility index (Phi) is 4.26. The van der Waals surface area contributed by atoms with Crippen molar-refractivity contribution in [3.63, 3.8) is 0 Å². The largest absolute Gasteiger partial charge is 0.481 e. The summed E-state index contributed by atoms with van der Waals surface area (Å²) in [4.78, 5) is 35.7. The molecule has 0 aromatic heterocycles. The van der Waals surface area contributed by atoms with Crippen molar-refractivity contribution in [2.75, 3.05) is 0 Å². The number of carbonyl (C=O) groups is 3. The van der Waals surface area contributed by atoms with E-state index in [0.29, 0.717) is 10.6 Å². The number of rotatable bonds is 3. The Labute approximate surface area is 138 Å². The number of carboxylic acid groups (broad SMARTS) is 1. The van der Waals surface area contributed by atoms with Gasteiger partial charge in [0.05, 0.1) is 11.8 Å². The minimum absolute atomic E-state index is 0.0666. The predicted octanol–water partition coefficient (Wildman–Crippen LogP) is 1.85. The van der Waals surface area contributed by atoms with Gasteiger partial charge in [0.25, 0.3) is 5.91 Å². The second kappa shape index (κ2) is 6.20. The summed E-state index contributed by atoms with van der Waals surface area (Å²) in [6.45, 7) is 0. The molecule has 0 spiro atoms. The van der Waals surface area contributed by atoms with Crippen molar-refractivity contribution < 1.29 is 19.5 Å². The molecule has 3 N–H and O–H groups in total. The van der Waals surface area contributed by atoms with Crippen molar-refractivity contribution in [3.8, 4) is 0 Å². The molecule has 23 heavy (non-hydrogen) atoms. The molecule has 2 aliphatic carbocycles. The quantitative estimate of drug-likeness (QED) is 0.734. The number of carboxylic acids is 1. The van der Waals surface area contributed by atoms with E-state index >= 15 is 0 Å². The molecule has 1 aromatic rings. The van der Waals surface area contributed by atoms with Crippen molar-refractivity contribution in [2.24, 2.45) is 23.7 Å². The molecule has 1 aromatic carbocycles. The molecule has 2 fully saturated rings. The number of amides is 2. The molecule has 2 amide bonds. The Morgan fingerprint density at radius 3 is 2.43 bits per heavy atom. The van der Waals surface area contributed by atoms with E-state index in [-0.39, 0.29) is 11.8 Å². The summed E-state index contributed by atoms with van der Waals surface area (Å²) in [5, 5.41) is 9.78. The molecular formula is C16H17ClN2O4. The smallest absolute Gasteiger partial charge is 0.307 e. The molecule has 6 nitrogen and oxygen atoms in total. The first-order chi connectivity index (χ1) is 11.0. The van der Waals surface area contributed by atoms with Crippen LogP contribution in [0.15, 0.2) is 24.3 Å². The van der Waals surface area contributed by atoms with Gasteiger partial charge in [-0.25, -0.2) is 0 Å². The van der Waals surface area contributed by atoms with Gasteiger partial charge in [-0.1, -0.05) is 17.7 Å². The fourth-order valence-electron chi connectivity index (χ4n) is 3.93. The zero-order valence-electron chi connectivity index (χ0n) is 12.3. The van der Waals surface area contributed by atoms with Crippen molar-refractivity contribution in [2.45, 2.75) is 19.3 Å². The number of aliphatic carboxylic acids is 1. The van der Waals surface area contributed by atoms with Crippen molar-refractivity contribution in [3.05, 3.63) is 34.9 Å². The van der Waals surface area contributed by atoms with E-state index in [1.807, 2.05) is 0 Å². The van der Waals surface area contributed by atoms with Gasteiger partial charge in [0.2, 0.25) is 5.91 Å². The third-order valence-corrected chi connectivity index (χ3v) is 5.13. The maximum absolute atomic E-state index is 12.3. The minimum Gasteiger partial charge on any atom is -0.481 e. The number of nitrogens with one attached hydrogen (secondary N) is 2. The van der Waals surface area contributed by atoms with Crippen LogP contribution in [0.1, 0.15) is 29.6 Å². The third-order valence-electron chi connectivity index (χ3n) is 4.89. The van der Waals surface area contributed by atoms with E-state index in [1.54, 1.807) is 18.2 Å².